The summed E-state index contributed by atoms with van der Waals surface area (Å²) in [6.07, 6.45) is 17.9. The largest absolute Gasteiger partial charge is 0.480 e. The van der Waals surface area contributed by atoms with Crippen molar-refractivity contribution in [1.82, 2.24) is 10.2 Å². The van der Waals surface area contributed by atoms with Crippen LogP contribution in [0.5, 0.6) is 0 Å². The number of carboxylic acid groups (broad SMARTS) is 3. The standard InChI is InChI=1S/C26H48N2O7/c1-2-3-4-5-6-7-8-9-10-11-12-13-14-18-23(29)27-19-16-15-17-22(26(34)35)28(20-24(30)31)21-25(32)33/h22H,2-21H2,1H3,(H,27,29)(H,30,31)(H,32,33)(H,34,35). The molecule has 0 spiro atoms. The molecule has 0 aliphatic carbocycles. The van der Waals surface area contributed by atoms with Gasteiger partial charge in [-0.05, 0) is 25.7 Å². The van der Waals surface area contributed by atoms with Crippen molar-refractivity contribution in [3.05, 3.63) is 0 Å². The highest BCUT2D eigenvalue weighted by Crippen LogP contribution is 2.13. The van der Waals surface area contributed by atoms with Crippen LogP contribution in [0.4, 0.5) is 0 Å². The van der Waals surface area contributed by atoms with Gasteiger partial charge in [-0.3, -0.25) is 24.1 Å². The molecule has 0 radical (unpaired) electrons. The van der Waals surface area contributed by atoms with Crippen LogP contribution in [-0.4, -0.2) is 69.7 Å². The number of unbranched alkanes of at least 4 members (excludes halogenated alkanes) is 13. The van der Waals surface area contributed by atoms with E-state index in [-0.39, 0.29) is 12.3 Å². The molecule has 1 amide bonds. The zero-order valence-electron chi connectivity index (χ0n) is 21.6. The van der Waals surface area contributed by atoms with Crippen LogP contribution >= 0.6 is 0 Å². The number of hydrogen-bond donors (Lipinski definition) is 4. The Kier molecular flexibility index (Phi) is 20.9. The molecule has 0 saturated heterocycles. The van der Waals surface area contributed by atoms with Gasteiger partial charge in [-0.1, -0.05) is 84.0 Å². The van der Waals surface area contributed by atoms with Gasteiger partial charge in [0.25, 0.3) is 0 Å². The smallest absolute Gasteiger partial charge is 0.320 e. The Morgan fingerprint density at radius 1 is 0.657 bits per heavy atom. The molecule has 0 aromatic heterocycles. The van der Waals surface area contributed by atoms with Gasteiger partial charge in [0.2, 0.25) is 5.91 Å². The van der Waals surface area contributed by atoms with Crippen molar-refractivity contribution in [2.75, 3.05) is 19.6 Å². The first-order valence-electron chi connectivity index (χ1n) is 13.4. The maximum absolute atomic E-state index is 12.0. The van der Waals surface area contributed by atoms with Gasteiger partial charge < -0.3 is 20.6 Å². The Balaban J connectivity index is 3.78. The molecule has 0 aliphatic rings. The second-order valence-corrected chi connectivity index (χ2v) is 9.38. The number of hydrogen-bond acceptors (Lipinski definition) is 5. The number of carbonyl (C=O) groups excluding carboxylic acids is 1. The molecule has 0 rings (SSSR count). The zero-order valence-corrected chi connectivity index (χ0v) is 21.6. The molecule has 0 heterocycles. The third kappa shape index (κ3) is 20.9. The molecule has 4 N–H and O–H groups in total. The first kappa shape index (κ1) is 32.8. The minimum Gasteiger partial charge on any atom is -0.480 e. The number of carboxylic acids is 3. The molecular weight excluding hydrogens is 452 g/mol. The summed E-state index contributed by atoms with van der Waals surface area (Å²) in [5.74, 6) is -3.82. The van der Waals surface area contributed by atoms with Gasteiger partial charge in [-0.2, -0.15) is 0 Å². The molecule has 0 aromatic carbocycles. The van der Waals surface area contributed by atoms with Gasteiger partial charge in [0.1, 0.15) is 6.04 Å². The number of rotatable bonds is 25. The lowest BCUT2D eigenvalue weighted by atomic mass is 10.0. The third-order valence-corrected chi connectivity index (χ3v) is 6.14. The van der Waals surface area contributed by atoms with Crippen molar-refractivity contribution in [3.63, 3.8) is 0 Å². The number of carbonyl (C=O) groups is 4. The van der Waals surface area contributed by atoms with E-state index < -0.39 is 37.0 Å². The molecule has 0 aromatic rings. The minimum atomic E-state index is -1.28. The summed E-state index contributed by atoms with van der Waals surface area (Å²) < 4.78 is 0. The molecule has 35 heavy (non-hydrogen) atoms. The average molecular weight is 501 g/mol. The van der Waals surface area contributed by atoms with Crippen molar-refractivity contribution >= 4 is 23.8 Å². The van der Waals surface area contributed by atoms with E-state index >= 15 is 0 Å². The Hall–Kier alpha value is -2.16. The van der Waals surface area contributed by atoms with Crippen LogP contribution in [0.25, 0.3) is 0 Å². The molecule has 0 saturated carbocycles. The minimum absolute atomic E-state index is 0.0127. The van der Waals surface area contributed by atoms with E-state index in [9.17, 15) is 24.3 Å². The van der Waals surface area contributed by atoms with Crippen molar-refractivity contribution in [3.8, 4) is 0 Å². The molecule has 0 aliphatic heterocycles. The summed E-state index contributed by atoms with van der Waals surface area (Å²) in [5.41, 5.74) is 0. The number of nitrogens with zero attached hydrogens (tertiary/aromatic N) is 1. The van der Waals surface area contributed by atoms with Crippen LogP contribution in [0.15, 0.2) is 0 Å². The molecule has 9 heteroatoms. The molecule has 204 valence electrons. The lowest BCUT2D eigenvalue weighted by molar-refractivity contribution is -0.149. The summed E-state index contributed by atoms with van der Waals surface area (Å²) in [6.45, 7) is 1.35. The topological polar surface area (TPSA) is 144 Å². The van der Waals surface area contributed by atoms with E-state index in [0.717, 1.165) is 24.2 Å². The Morgan fingerprint density at radius 2 is 1.11 bits per heavy atom. The maximum atomic E-state index is 12.0. The first-order chi connectivity index (χ1) is 16.8. The van der Waals surface area contributed by atoms with Gasteiger partial charge in [0.05, 0.1) is 13.1 Å². The highest BCUT2D eigenvalue weighted by atomic mass is 16.4. The summed E-state index contributed by atoms with van der Waals surface area (Å²) >= 11 is 0. The fraction of sp³-hybridized carbons (Fsp3) is 0.846. The Labute approximate surface area is 210 Å². The monoisotopic (exact) mass is 500 g/mol. The van der Waals surface area contributed by atoms with Crippen LogP contribution in [0.1, 0.15) is 116 Å². The Morgan fingerprint density at radius 3 is 1.54 bits per heavy atom. The fourth-order valence-corrected chi connectivity index (χ4v) is 4.17. The third-order valence-electron chi connectivity index (χ3n) is 6.14. The van der Waals surface area contributed by atoms with Gasteiger partial charge in [-0.15, -0.1) is 0 Å². The van der Waals surface area contributed by atoms with E-state index in [1.165, 1.54) is 64.2 Å². The van der Waals surface area contributed by atoms with E-state index in [2.05, 4.69) is 12.2 Å². The second kappa shape index (κ2) is 22.3. The predicted octanol–water partition coefficient (Wildman–Crippen LogP) is 4.68. The number of aliphatic carboxylic acids is 3. The normalized spacial score (nSPS) is 11.9. The van der Waals surface area contributed by atoms with E-state index in [1.54, 1.807) is 0 Å². The van der Waals surface area contributed by atoms with Gasteiger partial charge >= 0.3 is 17.9 Å². The molecule has 0 bridgehead atoms. The number of amides is 1. The lowest BCUT2D eigenvalue weighted by Gasteiger charge is -2.25. The van der Waals surface area contributed by atoms with Crippen LogP contribution in [0.3, 0.4) is 0 Å². The summed E-state index contributed by atoms with van der Waals surface area (Å²) in [5, 5.41) is 30.0. The first-order valence-corrected chi connectivity index (χ1v) is 13.4. The van der Waals surface area contributed by atoms with Gasteiger partial charge in [0.15, 0.2) is 0 Å². The van der Waals surface area contributed by atoms with Crippen molar-refractivity contribution in [2.45, 2.75) is 122 Å². The zero-order chi connectivity index (χ0) is 26.3. The highest BCUT2D eigenvalue weighted by molar-refractivity contribution is 5.78. The maximum Gasteiger partial charge on any atom is 0.320 e. The predicted molar refractivity (Wildman–Crippen MR) is 135 cm³/mol. The quantitative estimate of drug-likeness (QED) is 0.132. The highest BCUT2D eigenvalue weighted by Gasteiger charge is 2.28. The van der Waals surface area contributed by atoms with Crippen molar-refractivity contribution in [2.24, 2.45) is 0 Å². The van der Waals surface area contributed by atoms with Crippen LogP contribution in [0, 0.1) is 0 Å². The lowest BCUT2D eigenvalue weighted by Crippen LogP contribution is -2.46. The average Bonchev–Trinajstić information content (AvgIpc) is 2.78. The fourth-order valence-electron chi connectivity index (χ4n) is 4.17. The summed E-state index contributed by atoms with van der Waals surface area (Å²) in [4.78, 5) is 46.2. The van der Waals surface area contributed by atoms with Crippen molar-refractivity contribution < 1.29 is 34.5 Å². The molecule has 1 unspecified atom stereocenters. The van der Waals surface area contributed by atoms with Crippen LogP contribution in [-0.2, 0) is 19.2 Å². The summed E-state index contributed by atoms with van der Waals surface area (Å²) in [6, 6.07) is -1.19. The van der Waals surface area contributed by atoms with Crippen LogP contribution in [0.2, 0.25) is 0 Å². The van der Waals surface area contributed by atoms with E-state index in [4.69, 9.17) is 10.2 Å². The van der Waals surface area contributed by atoms with Gasteiger partial charge in [-0.25, -0.2) is 0 Å². The molecular formula is C26H48N2O7. The summed E-state index contributed by atoms with van der Waals surface area (Å²) in [7, 11) is 0. The Bertz CT molecular complexity index is 582. The molecule has 9 nitrogen and oxygen atoms in total. The number of nitrogens with one attached hydrogen (secondary N) is 1. The van der Waals surface area contributed by atoms with Crippen LogP contribution < -0.4 is 5.32 Å². The van der Waals surface area contributed by atoms with Crippen molar-refractivity contribution in [1.29, 1.82) is 0 Å². The molecule has 1 atom stereocenters. The second-order valence-electron chi connectivity index (χ2n) is 9.38. The molecule has 0 fully saturated rings. The SMILES string of the molecule is CCCCCCCCCCCCCCCC(=O)NCCCCC(C(=O)O)N(CC(=O)O)CC(=O)O. The van der Waals surface area contributed by atoms with Gasteiger partial charge in [0, 0.05) is 13.0 Å². The van der Waals surface area contributed by atoms with E-state index in [0.29, 0.717) is 25.8 Å². The van der Waals surface area contributed by atoms with E-state index in [1.807, 2.05) is 0 Å².